The van der Waals surface area contributed by atoms with Crippen LogP contribution in [0.25, 0.3) is 0 Å². The smallest absolute Gasteiger partial charge is 0.264 e. The molecule has 1 amide bonds. The monoisotopic (exact) mass is 422 g/mol. The van der Waals surface area contributed by atoms with Crippen LogP contribution in [0.15, 0.2) is 47.4 Å². The zero-order chi connectivity index (χ0) is 21.4. The van der Waals surface area contributed by atoms with Crippen LogP contribution in [0.4, 0.5) is 5.69 Å². The molecule has 8 nitrogen and oxygen atoms in total. The van der Waals surface area contributed by atoms with Crippen LogP contribution in [-0.2, 0) is 19.6 Å². The number of methoxy groups -OCH3 is 3. The molecule has 0 bridgehead atoms. The summed E-state index contributed by atoms with van der Waals surface area (Å²) in [6.45, 7) is 2.14. The van der Waals surface area contributed by atoms with E-state index in [1.807, 2.05) is 6.92 Å². The van der Waals surface area contributed by atoms with Gasteiger partial charge in [-0.1, -0.05) is 17.7 Å². The molecule has 29 heavy (non-hydrogen) atoms. The van der Waals surface area contributed by atoms with Crippen LogP contribution in [-0.4, -0.2) is 55.4 Å². The lowest BCUT2D eigenvalue weighted by Crippen LogP contribution is -2.41. The highest BCUT2D eigenvalue weighted by Gasteiger charge is 2.28. The highest BCUT2D eigenvalue weighted by molar-refractivity contribution is 7.92. The van der Waals surface area contributed by atoms with Crippen molar-refractivity contribution in [1.29, 1.82) is 0 Å². The molecule has 0 aliphatic rings. The summed E-state index contributed by atoms with van der Waals surface area (Å²) < 4.78 is 43.1. The number of nitrogens with zero attached hydrogens (tertiary/aromatic N) is 1. The fourth-order valence-electron chi connectivity index (χ4n) is 2.61. The maximum Gasteiger partial charge on any atom is 0.264 e. The van der Waals surface area contributed by atoms with Gasteiger partial charge in [0.1, 0.15) is 6.54 Å². The third-order valence-electron chi connectivity index (χ3n) is 4.18. The Bertz CT molecular complexity index is 928. The van der Waals surface area contributed by atoms with Crippen molar-refractivity contribution in [3.63, 3.8) is 0 Å². The van der Waals surface area contributed by atoms with Crippen molar-refractivity contribution in [2.45, 2.75) is 11.8 Å². The van der Waals surface area contributed by atoms with Crippen LogP contribution in [0.3, 0.4) is 0 Å². The van der Waals surface area contributed by atoms with Gasteiger partial charge in [0.15, 0.2) is 11.5 Å². The number of amides is 1. The summed E-state index contributed by atoms with van der Waals surface area (Å²) in [5, 5.41) is 2.64. The van der Waals surface area contributed by atoms with Crippen molar-refractivity contribution in [2.75, 3.05) is 45.3 Å². The summed E-state index contributed by atoms with van der Waals surface area (Å²) in [7, 11) is 0.369. The number of aryl methyl sites for hydroxylation is 1. The van der Waals surface area contributed by atoms with E-state index in [4.69, 9.17) is 14.2 Å². The summed E-state index contributed by atoms with van der Waals surface area (Å²) in [6, 6.07) is 11.2. The van der Waals surface area contributed by atoms with Gasteiger partial charge in [-0.15, -0.1) is 0 Å². The lowest BCUT2D eigenvalue weighted by atomic mass is 10.2. The molecule has 158 valence electrons. The molecule has 0 unspecified atom stereocenters. The van der Waals surface area contributed by atoms with E-state index >= 15 is 0 Å². The second-order valence-corrected chi connectivity index (χ2v) is 8.07. The predicted molar refractivity (Wildman–Crippen MR) is 110 cm³/mol. The average Bonchev–Trinajstić information content (AvgIpc) is 2.72. The molecule has 1 N–H and O–H groups in total. The molecule has 2 aromatic carbocycles. The van der Waals surface area contributed by atoms with E-state index in [2.05, 4.69) is 5.32 Å². The summed E-state index contributed by atoms with van der Waals surface area (Å²) in [5.74, 6) is 0.249. The van der Waals surface area contributed by atoms with Gasteiger partial charge >= 0.3 is 0 Å². The molecule has 0 aliphatic carbocycles. The summed E-state index contributed by atoms with van der Waals surface area (Å²) in [4.78, 5) is 12.3. The predicted octanol–water partition coefficient (Wildman–Crippen LogP) is 1.97. The molecule has 0 spiro atoms. The van der Waals surface area contributed by atoms with E-state index in [1.165, 1.54) is 39.5 Å². The van der Waals surface area contributed by atoms with Gasteiger partial charge in [0, 0.05) is 19.7 Å². The van der Waals surface area contributed by atoms with Crippen LogP contribution in [0.1, 0.15) is 5.56 Å². The maximum absolute atomic E-state index is 13.4. The normalized spacial score (nSPS) is 11.0. The van der Waals surface area contributed by atoms with E-state index < -0.39 is 15.9 Å². The maximum atomic E-state index is 13.4. The van der Waals surface area contributed by atoms with E-state index in [0.717, 1.165) is 9.87 Å². The topological polar surface area (TPSA) is 94.2 Å². The first kappa shape index (κ1) is 22.5. The SMILES string of the molecule is COCCNC(=O)CN(c1ccc(C)cc1)S(=O)(=O)c1ccc(OC)c(OC)c1. The average molecular weight is 423 g/mol. The highest BCUT2D eigenvalue weighted by Crippen LogP contribution is 2.32. The third kappa shape index (κ3) is 5.61. The Hall–Kier alpha value is -2.78. The first-order valence-corrected chi connectivity index (χ1v) is 10.3. The fourth-order valence-corrected chi connectivity index (χ4v) is 4.05. The molecule has 2 rings (SSSR count). The molecule has 0 atom stereocenters. The standard InChI is InChI=1S/C20H26N2O6S/c1-15-5-7-16(8-6-15)22(14-20(23)21-11-12-26-2)29(24,25)17-9-10-18(27-3)19(13-17)28-4/h5-10,13H,11-12,14H2,1-4H3,(H,21,23). The molecular formula is C20H26N2O6S. The molecule has 9 heteroatoms. The third-order valence-corrected chi connectivity index (χ3v) is 5.95. The molecule has 0 radical (unpaired) electrons. The fraction of sp³-hybridized carbons (Fsp3) is 0.350. The molecular weight excluding hydrogens is 396 g/mol. The van der Waals surface area contributed by atoms with Gasteiger partial charge in [0.25, 0.3) is 10.0 Å². The number of rotatable bonds is 10. The number of benzene rings is 2. The Kier molecular flexibility index (Phi) is 7.86. The van der Waals surface area contributed by atoms with Gasteiger partial charge in [-0.05, 0) is 31.2 Å². The van der Waals surface area contributed by atoms with Crippen LogP contribution in [0.5, 0.6) is 11.5 Å². The number of nitrogens with one attached hydrogen (secondary N) is 1. The highest BCUT2D eigenvalue weighted by atomic mass is 32.2. The van der Waals surface area contributed by atoms with E-state index in [9.17, 15) is 13.2 Å². The lowest BCUT2D eigenvalue weighted by Gasteiger charge is -2.24. The van der Waals surface area contributed by atoms with Gasteiger partial charge in [-0.2, -0.15) is 0 Å². The Morgan fingerprint density at radius 1 is 1.00 bits per heavy atom. The Balaban J connectivity index is 2.43. The van der Waals surface area contributed by atoms with Crippen molar-refractivity contribution in [3.05, 3.63) is 48.0 Å². The van der Waals surface area contributed by atoms with Crippen molar-refractivity contribution in [1.82, 2.24) is 5.32 Å². The van der Waals surface area contributed by atoms with Gasteiger partial charge in [0.05, 0.1) is 31.4 Å². The number of carbonyl (C=O) groups excluding carboxylic acids is 1. The number of hydrogen-bond donors (Lipinski definition) is 1. The number of anilines is 1. The number of sulfonamides is 1. The van der Waals surface area contributed by atoms with Crippen LogP contribution < -0.4 is 19.1 Å². The van der Waals surface area contributed by atoms with Gasteiger partial charge in [-0.25, -0.2) is 8.42 Å². The molecule has 0 saturated carbocycles. The van der Waals surface area contributed by atoms with Crippen LogP contribution in [0, 0.1) is 6.92 Å². The molecule has 0 aromatic heterocycles. The molecule has 0 saturated heterocycles. The molecule has 2 aromatic rings. The van der Waals surface area contributed by atoms with Gasteiger partial charge in [-0.3, -0.25) is 9.10 Å². The minimum Gasteiger partial charge on any atom is -0.493 e. The largest absolute Gasteiger partial charge is 0.493 e. The van der Waals surface area contributed by atoms with E-state index in [1.54, 1.807) is 24.3 Å². The van der Waals surface area contributed by atoms with E-state index in [-0.39, 0.29) is 23.7 Å². The number of carbonyl (C=O) groups is 1. The van der Waals surface area contributed by atoms with Crippen molar-refractivity contribution < 1.29 is 27.4 Å². The van der Waals surface area contributed by atoms with Gasteiger partial charge in [0.2, 0.25) is 5.91 Å². The zero-order valence-corrected chi connectivity index (χ0v) is 17.8. The summed E-state index contributed by atoms with van der Waals surface area (Å²) in [5.41, 5.74) is 1.36. The second-order valence-electron chi connectivity index (χ2n) is 6.21. The van der Waals surface area contributed by atoms with Crippen molar-refractivity contribution in [3.8, 4) is 11.5 Å². The minimum atomic E-state index is -4.04. The lowest BCUT2D eigenvalue weighted by molar-refractivity contribution is -0.119. The van der Waals surface area contributed by atoms with E-state index in [0.29, 0.717) is 18.0 Å². The summed E-state index contributed by atoms with van der Waals surface area (Å²) in [6.07, 6.45) is 0. The quantitative estimate of drug-likeness (QED) is 0.589. The zero-order valence-electron chi connectivity index (χ0n) is 17.0. The second kappa shape index (κ2) is 10.1. The number of hydrogen-bond acceptors (Lipinski definition) is 6. The Labute approximate surface area is 171 Å². The minimum absolute atomic E-state index is 0.0135. The molecule has 0 fully saturated rings. The number of ether oxygens (including phenoxy) is 3. The Morgan fingerprint density at radius 2 is 1.66 bits per heavy atom. The first-order valence-electron chi connectivity index (χ1n) is 8.90. The molecule has 0 aliphatic heterocycles. The molecule has 0 heterocycles. The Morgan fingerprint density at radius 3 is 2.24 bits per heavy atom. The van der Waals surface area contributed by atoms with Gasteiger partial charge < -0.3 is 19.5 Å². The van der Waals surface area contributed by atoms with Crippen LogP contribution in [0.2, 0.25) is 0 Å². The van der Waals surface area contributed by atoms with Crippen molar-refractivity contribution in [2.24, 2.45) is 0 Å². The summed E-state index contributed by atoms with van der Waals surface area (Å²) >= 11 is 0. The first-order chi connectivity index (χ1) is 13.8. The van der Waals surface area contributed by atoms with Crippen molar-refractivity contribution >= 4 is 21.6 Å². The van der Waals surface area contributed by atoms with Crippen LogP contribution >= 0.6 is 0 Å².